The molecule has 0 atom stereocenters. The van der Waals surface area contributed by atoms with Gasteiger partial charge in [0.15, 0.2) is 0 Å². The van der Waals surface area contributed by atoms with Crippen LogP contribution in [0.3, 0.4) is 0 Å². The van der Waals surface area contributed by atoms with Crippen molar-refractivity contribution in [2.45, 2.75) is 6.92 Å². The molecule has 1 aromatic rings. The Labute approximate surface area is 120 Å². The lowest BCUT2D eigenvalue weighted by atomic mass is 10.4. The molecule has 1 aliphatic rings. The highest BCUT2D eigenvalue weighted by Crippen LogP contribution is 2.06. The number of anilines is 1. The Bertz CT molecular complexity index is 472. The van der Waals surface area contributed by atoms with E-state index in [0.29, 0.717) is 37.9 Å². The molecule has 0 spiro atoms. The van der Waals surface area contributed by atoms with E-state index in [0.717, 1.165) is 0 Å². The van der Waals surface area contributed by atoms with E-state index >= 15 is 0 Å². The van der Waals surface area contributed by atoms with E-state index in [-0.39, 0.29) is 23.5 Å². The Kier molecular flexibility index (Phi) is 5.36. The molecule has 2 heterocycles. The third-order valence-electron chi connectivity index (χ3n) is 2.67. The fourth-order valence-corrected chi connectivity index (χ4v) is 2.41. The van der Waals surface area contributed by atoms with Crippen molar-refractivity contribution >= 4 is 29.5 Å². The quantitative estimate of drug-likeness (QED) is 0.770. The van der Waals surface area contributed by atoms with Crippen LogP contribution in [-0.2, 0) is 14.3 Å². The SMILES string of the molecule is Cc1nc(NC(=O)CSCC(=O)N2CCOCC2)n[nH]1. The molecule has 0 bridgehead atoms. The average molecular weight is 299 g/mol. The largest absolute Gasteiger partial charge is 0.378 e. The summed E-state index contributed by atoms with van der Waals surface area (Å²) in [5.74, 6) is 1.20. The van der Waals surface area contributed by atoms with E-state index in [4.69, 9.17) is 4.74 Å². The zero-order valence-electron chi connectivity index (χ0n) is 11.2. The lowest BCUT2D eigenvalue weighted by molar-refractivity contribution is -0.132. The van der Waals surface area contributed by atoms with Crippen LogP contribution in [0.1, 0.15) is 5.82 Å². The number of thioether (sulfide) groups is 1. The zero-order chi connectivity index (χ0) is 14.4. The number of morpholine rings is 1. The molecule has 2 N–H and O–H groups in total. The van der Waals surface area contributed by atoms with E-state index in [1.807, 2.05) is 0 Å². The van der Waals surface area contributed by atoms with Crippen molar-refractivity contribution in [1.82, 2.24) is 20.1 Å². The fraction of sp³-hybridized carbons (Fsp3) is 0.636. The predicted octanol–water partition coefficient (Wildman–Crippen LogP) is -0.356. The van der Waals surface area contributed by atoms with Crippen LogP contribution in [0, 0.1) is 6.92 Å². The van der Waals surface area contributed by atoms with Crippen LogP contribution in [0.25, 0.3) is 0 Å². The van der Waals surface area contributed by atoms with Crippen LogP contribution in [0.15, 0.2) is 0 Å². The summed E-state index contributed by atoms with van der Waals surface area (Å²) >= 11 is 1.28. The third kappa shape index (κ3) is 4.49. The van der Waals surface area contributed by atoms with Gasteiger partial charge in [0, 0.05) is 13.1 Å². The Morgan fingerprint density at radius 3 is 2.80 bits per heavy atom. The number of aromatic nitrogens is 3. The van der Waals surface area contributed by atoms with Crippen LogP contribution in [0.4, 0.5) is 5.95 Å². The van der Waals surface area contributed by atoms with Gasteiger partial charge in [-0.25, -0.2) is 0 Å². The lowest BCUT2D eigenvalue weighted by Crippen LogP contribution is -2.41. The normalized spacial score (nSPS) is 15.2. The van der Waals surface area contributed by atoms with E-state index < -0.39 is 0 Å². The first kappa shape index (κ1) is 14.8. The number of aromatic amines is 1. The van der Waals surface area contributed by atoms with Gasteiger partial charge >= 0.3 is 0 Å². The van der Waals surface area contributed by atoms with Gasteiger partial charge in [-0.15, -0.1) is 16.9 Å². The van der Waals surface area contributed by atoms with Gasteiger partial charge in [0.25, 0.3) is 0 Å². The summed E-state index contributed by atoms with van der Waals surface area (Å²) in [6, 6.07) is 0. The summed E-state index contributed by atoms with van der Waals surface area (Å²) < 4.78 is 5.18. The van der Waals surface area contributed by atoms with Crippen molar-refractivity contribution in [3.63, 3.8) is 0 Å². The summed E-state index contributed by atoms with van der Waals surface area (Å²) in [4.78, 5) is 29.2. The molecule has 20 heavy (non-hydrogen) atoms. The number of nitrogens with zero attached hydrogens (tertiary/aromatic N) is 3. The topological polar surface area (TPSA) is 100 Å². The van der Waals surface area contributed by atoms with Gasteiger partial charge in [0.05, 0.1) is 24.7 Å². The minimum absolute atomic E-state index is 0.0415. The number of aryl methyl sites for hydroxylation is 1. The number of nitrogens with one attached hydrogen (secondary N) is 2. The summed E-state index contributed by atoms with van der Waals surface area (Å²) in [6.07, 6.45) is 0. The number of hydrogen-bond acceptors (Lipinski definition) is 6. The first-order chi connectivity index (χ1) is 9.65. The summed E-state index contributed by atoms with van der Waals surface area (Å²) in [7, 11) is 0. The molecule has 1 fully saturated rings. The Hall–Kier alpha value is -1.61. The van der Waals surface area contributed by atoms with Gasteiger partial charge in [0.2, 0.25) is 17.8 Å². The zero-order valence-corrected chi connectivity index (χ0v) is 12.0. The smallest absolute Gasteiger partial charge is 0.248 e. The molecule has 0 aromatic carbocycles. The highest BCUT2D eigenvalue weighted by molar-refractivity contribution is 8.00. The van der Waals surface area contributed by atoms with Crippen LogP contribution < -0.4 is 5.32 Å². The molecule has 110 valence electrons. The van der Waals surface area contributed by atoms with Crippen molar-refractivity contribution in [3.05, 3.63) is 5.82 Å². The fourth-order valence-electron chi connectivity index (χ4n) is 1.69. The maximum atomic E-state index is 11.8. The number of carbonyl (C=O) groups excluding carboxylic acids is 2. The maximum absolute atomic E-state index is 11.8. The van der Waals surface area contributed by atoms with E-state index in [9.17, 15) is 9.59 Å². The lowest BCUT2D eigenvalue weighted by Gasteiger charge is -2.26. The first-order valence-corrected chi connectivity index (χ1v) is 7.43. The van der Waals surface area contributed by atoms with E-state index in [2.05, 4.69) is 20.5 Å². The van der Waals surface area contributed by atoms with Crippen molar-refractivity contribution in [2.75, 3.05) is 43.1 Å². The standard InChI is InChI=1S/C11H17N5O3S/c1-8-12-11(15-14-8)13-9(17)6-20-7-10(18)16-2-4-19-5-3-16/h2-7H2,1H3,(H2,12,13,14,15,17). The second-order valence-corrected chi connectivity index (χ2v) is 5.26. The minimum Gasteiger partial charge on any atom is -0.378 e. The van der Waals surface area contributed by atoms with Crippen LogP contribution in [0.2, 0.25) is 0 Å². The first-order valence-electron chi connectivity index (χ1n) is 6.27. The predicted molar refractivity (Wildman–Crippen MR) is 74.5 cm³/mol. The summed E-state index contributed by atoms with van der Waals surface area (Å²) in [6.45, 7) is 4.17. The number of ether oxygens (including phenoxy) is 1. The van der Waals surface area contributed by atoms with Gasteiger partial charge in [-0.1, -0.05) is 0 Å². The van der Waals surface area contributed by atoms with Gasteiger partial charge in [-0.05, 0) is 6.92 Å². The monoisotopic (exact) mass is 299 g/mol. The number of rotatable bonds is 5. The third-order valence-corrected chi connectivity index (χ3v) is 3.59. The van der Waals surface area contributed by atoms with Crippen molar-refractivity contribution in [2.24, 2.45) is 0 Å². The molecule has 0 radical (unpaired) electrons. The minimum atomic E-state index is -0.219. The molecule has 2 amide bonds. The van der Waals surface area contributed by atoms with Gasteiger partial charge in [-0.3, -0.25) is 20.0 Å². The number of H-pyrrole nitrogens is 1. The van der Waals surface area contributed by atoms with E-state index in [1.54, 1.807) is 11.8 Å². The van der Waals surface area contributed by atoms with Crippen LogP contribution >= 0.6 is 11.8 Å². The van der Waals surface area contributed by atoms with Gasteiger partial charge < -0.3 is 9.64 Å². The van der Waals surface area contributed by atoms with Gasteiger partial charge in [0.1, 0.15) is 5.82 Å². The highest BCUT2D eigenvalue weighted by atomic mass is 32.2. The van der Waals surface area contributed by atoms with Crippen LogP contribution in [-0.4, -0.2) is 69.7 Å². The van der Waals surface area contributed by atoms with Crippen molar-refractivity contribution < 1.29 is 14.3 Å². The molecule has 1 saturated heterocycles. The second kappa shape index (κ2) is 7.25. The molecule has 0 saturated carbocycles. The van der Waals surface area contributed by atoms with Crippen molar-refractivity contribution in [3.8, 4) is 0 Å². The van der Waals surface area contributed by atoms with Crippen LogP contribution in [0.5, 0.6) is 0 Å². The number of carbonyl (C=O) groups is 2. The Balaban J connectivity index is 1.64. The Morgan fingerprint density at radius 1 is 1.40 bits per heavy atom. The highest BCUT2D eigenvalue weighted by Gasteiger charge is 2.17. The molecule has 9 heteroatoms. The molecule has 0 unspecified atom stereocenters. The molecule has 8 nitrogen and oxygen atoms in total. The summed E-state index contributed by atoms with van der Waals surface area (Å²) in [5, 5.41) is 9.00. The van der Waals surface area contributed by atoms with Crippen molar-refractivity contribution in [1.29, 1.82) is 0 Å². The number of amides is 2. The number of hydrogen-bond donors (Lipinski definition) is 2. The van der Waals surface area contributed by atoms with Gasteiger partial charge in [-0.2, -0.15) is 4.98 Å². The maximum Gasteiger partial charge on any atom is 0.248 e. The molecular weight excluding hydrogens is 282 g/mol. The van der Waals surface area contributed by atoms with E-state index in [1.165, 1.54) is 11.8 Å². The Morgan fingerprint density at radius 2 is 2.15 bits per heavy atom. The average Bonchev–Trinajstić information content (AvgIpc) is 2.85. The second-order valence-electron chi connectivity index (χ2n) is 4.28. The molecular formula is C11H17N5O3S. The summed E-state index contributed by atoms with van der Waals surface area (Å²) in [5.41, 5.74) is 0. The molecule has 1 aliphatic heterocycles. The molecule has 0 aliphatic carbocycles. The molecule has 1 aromatic heterocycles. The molecule has 2 rings (SSSR count).